The molecule has 1 aromatic heterocycles. The molecule has 1 aliphatic heterocycles. The van der Waals surface area contributed by atoms with Gasteiger partial charge in [-0.05, 0) is 80.9 Å². The van der Waals surface area contributed by atoms with Crippen molar-refractivity contribution in [3.8, 4) is 0 Å². The highest BCUT2D eigenvalue weighted by atomic mass is 32.1. The number of rotatable bonds is 3. The minimum Gasteiger partial charge on any atom is -0.350 e. The largest absolute Gasteiger partial charge is 0.350 e. The maximum Gasteiger partial charge on any atom is 0.227 e. The van der Waals surface area contributed by atoms with Gasteiger partial charge in [0.05, 0.1) is 16.1 Å². The summed E-state index contributed by atoms with van der Waals surface area (Å²) in [7, 11) is 0. The van der Waals surface area contributed by atoms with Crippen LogP contribution < -0.4 is 10.2 Å². The van der Waals surface area contributed by atoms with Crippen molar-refractivity contribution >= 4 is 32.6 Å². The van der Waals surface area contributed by atoms with Gasteiger partial charge < -0.3 is 10.2 Å². The van der Waals surface area contributed by atoms with Gasteiger partial charge in [0, 0.05) is 18.6 Å². The van der Waals surface area contributed by atoms with Crippen LogP contribution in [0, 0.1) is 30.6 Å². The number of nitrogens with one attached hydrogen (secondary N) is 1. The molecule has 27 heavy (non-hydrogen) atoms. The molecule has 4 aliphatic carbocycles. The monoisotopic (exact) mass is 381 g/mol. The molecule has 1 aromatic carbocycles. The van der Waals surface area contributed by atoms with Gasteiger partial charge in [-0.15, -0.1) is 0 Å². The fraction of sp³-hybridized carbons (Fsp3) is 0.636. The fourth-order valence-electron chi connectivity index (χ4n) is 6.58. The van der Waals surface area contributed by atoms with E-state index in [4.69, 9.17) is 4.98 Å². The summed E-state index contributed by atoms with van der Waals surface area (Å²) in [6.07, 6.45) is 7.96. The summed E-state index contributed by atoms with van der Waals surface area (Å²) >= 11 is 1.75. The number of fused-ring (bicyclic) bond motifs is 1. The predicted molar refractivity (Wildman–Crippen MR) is 109 cm³/mol. The summed E-state index contributed by atoms with van der Waals surface area (Å²) in [5, 5.41) is 4.61. The quantitative estimate of drug-likeness (QED) is 0.870. The third-order valence-corrected chi connectivity index (χ3v) is 8.56. The number of nitrogens with zero attached hydrogens (tertiary/aromatic N) is 2. The molecule has 4 nitrogen and oxygen atoms in total. The zero-order chi connectivity index (χ0) is 18.2. The van der Waals surface area contributed by atoms with Gasteiger partial charge in [-0.3, -0.25) is 4.79 Å². The number of carbonyl (C=O) groups is 1. The topological polar surface area (TPSA) is 45.2 Å². The van der Waals surface area contributed by atoms with E-state index in [1.54, 1.807) is 11.3 Å². The molecule has 4 bridgehead atoms. The molecule has 5 aliphatic rings. The number of thiazole rings is 1. The van der Waals surface area contributed by atoms with E-state index in [9.17, 15) is 4.79 Å². The molecule has 1 N–H and O–H groups in total. The second-order valence-corrected chi connectivity index (χ2v) is 10.8. The zero-order valence-electron chi connectivity index (χ0n) is 15.9. The van der Waals surface area contributed by atoms with Crippen molar-refractivity contribution < 1.29 is 4.79 Å². The lowest BCUT2D eigenvalue weighted by atomic mass is 9.53. The van der Waals surface area contributed by atoms with E-state index in [-0.39, 0.29) is 11.5 Å². The van der Waals surface area contributed by atoms with Crippen LogP contribution in [0.4, 0.5) is 5.13 Å². The van der Waals surface area contributed by atoms with Gasteiger partial charge in [-0.1, -0.05) is 17.4 Å². The number of amides is 1. The van der Waals surface area contributed by atoms with E-state index >= 15 is 0 Å². The van der Waals surface area contributed by atoms with Crippen LogP contribution in [-0.2, 0) is 4.79 Å². The minimum atomic E-state index is 0.131. The minimum absolute atomic E-state index is 0.131. The van der Waals surface area contributed by atoms with Crippen molar-refractivity contribution in [1.29, 1.82) is 0 Å². The smallest absolute Gasteiger partial charge is 0.227 e. The van der Waals surface area contributed by atoms with Gasteiger partial charge in [0.15, 0.2) is 5.13 Å². The fourth-order valence-corrected chi connectivity index (χ4v) is 7.66. The van der Waals surface area contributed by atoms with E-state index in [1.165, 1.54) is 48.8 Å². The third kappa shape index (κ3) is 2.69. The Hall–Kier alpha value is -1.62. The average Bonchev–Trinajstić information content (AvgIpc) is 2.93. The number of hydrogen-bond acceptors (Lipinski definition) is 4. The summed E-state index contributed by atoms with van der Waals surface area (Å²) < 4.78 is 1.24. The SMILES string of the molecule is Cc1ccc2nc(N3CC(C(=O)NC45CC6CC(CC(C6)C4)C5)C3)sc2c1. The first kappa shape index (κ1) is 16.3. The van der Waals surface area contributed by atoms with Crippen LogP contribution in [-0.4, -0.2) is 29.5 Å². The van der Waals surface area contributed by atoms with Crippen molar-refractivity contribution in [2.24, 2.45) is 23.7 Å². The first-order valence-electron chi connectivity index (χ1n) is 10.5. The van der Waals surface area contributed by atoms with Crippen LogP contribution in [0.15, 0.2) is 18.2 Å². The zero-order valence-corrected chi connectivity index (χ0v) is 16.7. The summed E-state index contributed by atoms with van der Waals surface area (Å²) in [5.41, 5.74) is 2.48. The third-order valence-electron chi connectivity index (χ3n) is 7.48. The molecule has 7 rings (SSSR count). The predicted octanol–water partition coefficient (Wildman–Crippen LogP) is 4.13. The molecule has 2 aromatic rings. The molecule has 4 saturated carbocycles. The maximum absolute atomic E-state index is 12.9. The molecule has 0 atom stereocenters. The van der Waals surface area contributed by atoms with Crippen LogP contribution in [0.5, 0.6) is 0 Å². The van der Waals surface area contributed by atoms with Crippen LogP contribution in [0.3, 0.4) is 0 Å². The molecule has 5 heteroatoms. The van der Waals surface area contributed by atoms with E-state index in [0.717, 1.165) is 41.5 Å². The van der Waals surface area contributed by atoms with Crippen molar-refractivity contribution in [3.63, 3.8) is 0 Å². The second kappa shape index (κ2) is 5.69. The number of anilines is 1. The number of hydrogen-bond donors (Lipinski definition) is 1. The summed E-state index contributed by atoms with van der Waals surface area (Å²) in [4.78, 5) is 20.0. The van der Waals surface area contributed by atoms with Gasteiger partial charge in [-0.2, -0.15) is 0 Å². The van der Waals surface area contributed by atoms with Gasteiger partial charge in [0.2, 0.25) is 5.91 Å². The number of aromatic nitrogens is 1. The lowest BCUT2D eigenvalue weighted by Gasteiger charge is -2.57. The first-order chi connectivity index (χ1) is 13.1. The Morgan fingerprint density at radius 1 is 1.15 bits per heavy atom. The number of carbonyl (C=O) groups excluding carboxylic acids is 1. The van der Waals surface area contributed by atoms with E-state index < -0.39 is 0 Å². The molecule has 1 amide bonds. The van der Waals surface area contributed by atoms with Gasteiger partial charge in [0.1, 0.15) is 0 Å². The van der Waals surface area contributed by atoms with Crippen LogP contribution in [0.25, 0.3) is 10.2 Å². The van der Waals surface area contributed by atoms with Crippen LogP contribution >= 0.6 is 11.3 Å². The lowest BCUT2D eigenvalue weighted by molar-refractivity contribution is -0.131. The highest BCUT2D eigenvalue weighted by Crippen LogP contribution is 2.55. The van der Waals surface area contributed by atoms with Gasteiger partial charge in [-0.25, -0.2) is 4.98 Å². The van der Waals surface area contributed by atoms with E-state index in [1.807, 2.05) is 0 Å². The van der Waals surface area contributed by atoms with Crippen LogP contribution in [0.2, 0.25) is 0 Å². The Balaban J connectivity index is 1.12. The molecule has 2 heterocycles. The molecular weight excluding hydrogens is 354 g/mol. The van der Waals surface area contributed by atoms with Crippen LogP contribution in [0.1, 0.15) is 44.1 Å². The standard InChI is InChI=1S/C22H27N3OS/c1-13-2-3-18-19(4-13)27-21(23-18)25-11-17(12-25)20(26)24-22-8-14-5-15(9-22)7-16(6-14)10-22/h2-4,14-17H,5-12H2,1H3,(H,24,26). The lowest BCUT2D eigenvalue weighted by Crippen LogP contribution is -2.63. The first-order valence-corrected chi connectivity index (χ1v) is 11.3. The Kier molecular flexibility index (Phi) is 3.45. The van der Waals surface area contributed by atoms with E-state index in [0.29, 0.717) is 5.91 Å². The number of benzene rings is 1. The Morgan fingerprint density at radius 3 is 2.48 bits per heavy atom. The Labute approximate surface area is 164 Å². The molecule has 0 radical (unpaired) electrons. The van der Waals surface area contributed by atoms with Gasteiger partial charge in [0.25, 0.3) is 0 Å². The molecule has 0 spiro atoms. The Morgan fingerprint density at radius 2 is 1.81 bits per heavy atom. The summed E-state index contributed by atoms with van der Waals surface area (Å²) in [6.45, 7) is 3.75. The van der Waals surface area contributed by atoms with Crippen molar-refractivity contribution in [2.75, 3.05) is 18.0 Å². The summed E-state index contributed by atoms with van der Waals surface area (Å²) in [6, 6.07) is 6.42. The molecule has 142 valence electrons. The highest BCUT2D eigenvalue weighted by molar-refractivity contribution is 7.22. The highest BCUT2D eigenvalue weighted by Gasteiger charge is 2.52. The molecule has 5 fully saturated rings. The van der Waals surface area contributed by atoms with Crippen molar-refractivity contribution in [2.45, 2.75) is 51.0 Å². The maximum atomic E-state index is 12.9. The average molecular weight is 382 g/mol. The van der Waals surface area contributed by atoms with Gasteiger partial charge >= 0.3 is 0 Å². The molecular formula is C22H27N3OS. The summed E-state index contributed by atoms with van der Waals surface area (Å²) in [5.74, 6) is 3.05. The molecule has 0 unspecified atom stereocenters. The van der Waals surface area contributed by atoms with E-state index in [2.05, 4.69) is 35.3 Å². The second-order valence-electron chi connectivity index (χ2n) is 9.76. The van der Waals surface area contributed by atoms with Crippen molar-refractivity contribution in [1.82, 2.24) is 10.3 Å². The normalized spacial score (nSPS) is 34.9. The Bertz CT molecular complexity index is 878. The van der Waals surface area contributed by atoms with Crippen molar-refractivity contribution in [3.05, 3.63) is 23.8 Å². The number of aryl methyl sites for hydroxylation is 1. The molecule has 1 saturated heterocycles.